The molecule has 0 radical (unpaired) electrons. The molecular formula is C15H17BrN2O4. The van der Waals surface area contributed by atoms with Crippen molar-refractivity contribution in [2.24, 2.45) is 5.92 Å². The molecule has 1 aliphatic rings. The second kappa shape index (κ2) is 6.91. The minimum atomic E-state index is -1.07. The van der Waals surface area contributed by atoms with E-state index in [1.165, 1.54) is 9.80 Å². The second-order valence-electron chi connectivity index (χ2n) is 5.39. The summed E-state index contributed by atoms with van der Waals surface area (Å²) in [5, 5.41) is 9.03. The van der Waals surface area contributed by atoms with Crippen LogP contribution >= 0.6 is 15.9 Å². The molecule has 0 aliphatic carbocycles. The van der Waals surface area contributed by atoms with Gasteiger partial charge in [0, 0.05) is 31.0 Å². The lowest BCUT2D eigenvalue weighted by atomic mass is 10.1. The molecule has 1 unspecified atom stereocenters. The number of carboxylic acid groups (broad SMARTS) is 1. The van der Waals surface area contributed by atoms with Crippen LogP contribution < -0.4 is 0 Å². The molecule has 1 aromatic carbocycles. The van der Waals surface area contributed by atoms with Gasteiger partial charge in [-0.1, -0.05) is 28.1 Å². The van der Waals surface area contributed by atoms with Gasteiger partial charge in [-0.25, -0.2) is 0 Å². The van der Waals surface area contributed by atoms with Gasteiger partial charge >= 0.3 is 5.97 Å². The van der Waals surface area contributed by atoms with Crippen molar-refractivity contribution in [3.05, 3.63) is 34.3 Å². The third kappa shape index (κ3) is 4.07. The molecule has 22 heavy (non-hydrogen) atoms. The zero-order valence-electron chi connectivity index (χ0n) is 12.2. The number of likely N-dealkylation sites (tertiary alicyclic amines) is 1. The summed E-state index contributed by atoms with van der Waals surface area (Å²) < 4.78 is 0.864. The van der Waals surface area contributed by atoms with E-state index in [-0.39, 0.29) is 31.3 Å². The Morgan fingerprint density at radius 3 is 2.73 bits per heavy atom. The Labute approximate surface area is 136 Å². The molecule has 7 heteroatoms. The third-order valence-corrected chi connectivity index (χ3v) is 4.08. The zero-order chi connectivity index (χ0) is 16.3. The highest BCUT2D eigenvalue weighted by Crippen LogP contribution is 2.20. The quantitative estimate of drug-likeness (QED) is 0.850. The fourth-order valence-electron chi connectivity index (χ4n) is 2.52. The van der Waals surface area contributed by atoms with Crippen molar-refractivity contribution >= 4 is 33.7 Å². The maximum atomic E-state index is 12.5. The second-order valence-corrected chi connectivity index (χ2v) is 6.31. The van der Waals surface area contributed by atoms with Crippen molar-refractivity contribution < 1.29 is 19.5 Å². The van der Waals surface area contributed by atoms with Crippen LogP contribution in [0.3, 0.4) is 0 Å². The highest BCUT2D eigenvalue weighted by atomic mass is 79.9. The molecule has 0 spiro atoms. The van der Waals surface area contributed by atoms with E-state index in [0.717, 1.165) is 10.0 Å². The zero-order valence-corrected chi connectivity index (χ0v) is 13.7. The van der Waals surface area contributed by atoms with E-state index < -0.39 is 11.9 Å². The molecule has 2 amide bonds. The maximum absolute atomic E-state index is 12.5. The van der Waals surface area contributed by atoms with Gasteiger partial charge in [-0.3, -0.25) is 14.4 Å². The summed E-state index contributed by atoms with van der Waals surface area (Å²) >= 11 is 3.35. The number of hydrogen-bond donors (Lipinski definition) is 1. The van der Waals surface area contributed by atoms with Gasteiger partial charge in [0.25, 0.3) is 0 Å². The number of carbonyl (C=O) groups excluding carboxylic acids is 2. The smallest absolute Gasteiger partial charge is 0.323 e. The van der Waals surface area contributed by atoms with E-state index in [0.29, 0.717) is 6.54 Å². The predicted octanol–water partition coefficient (Wildman–Crippen LogP) is 1.34. The summed E-state index contributed by atoms with van der Waals surface area (Å²) in [6.45, 7) is 0.172. The summed E-state index contributed by atoms with van der Waals surface area (Å²) in [4.78, 5) is 37.9. The number of rotatable bonds is 5. The average molecular weight is 369 g/mol. The predicted molar refractivity (Wildman–Crippen MR) is 82.9 cm³/mol. The van der Waals surface area contributed by atoms with Crippen LogP contribution in [0.15, 0.2) is 28.7 Å². The van der Waals surface area contributed by atoms with Crippen LogP contribution in [-0.4, -0.2) is 52.8 Å². The molecule has 118 valence electrons. The number of aliphatic carboxylic acids is 1. The Morgan fingerprint density at radius 1 is 1.45 bits per heavy atom. The summed E-state index contributed by atoms with van der Waals surface area (Å²) in [5.74, 6) is -1.92. The van der Waals surface area contributed by atoms with Crippen molar-refractivity contribution in [2.45, 2.75) is 13.0 Å². The van der Waals surface area contributed by atoms with Crippen LogP contribution in [0.4, 0.5) is 0 Å². The first-order valence-corrected chi connectivity index (χ1v) is 7.65. The normalized spacial score (nSPS) is 17.6. The average Bonchev–Trinajstić information content (AvgIpc) is 2.77. The molecule has 1 fully saturated rings. The first kappa shape index (κ1) is 16.5. The molecule has 2 rings (SSSR count). The lowest BCUT2D eigenvalue weighted by Gasteiger charge is -2.24. The van der Waals surface area contributed by atoms with Gasteiger partial charge in [0.1, 0.15) is 6.54 Å². The number of nitrogens with zero attached hydrogens (tertiary/aromatic N) is 2. The van der Waals surface area contributed by atoms with Gasteiger partial charge in [0.15, 0.2) is 0 Å². The van der Waals surface area contributed by atoms with Gasteiger partial charge in [-0.15, -0.1) is 0 Å². The number of carboxylic acids is 1. The molecular weight excluding hydrogens is 352 g/mol. The number of carbonyl (C=O) groups is 3. The highest BCUT2D eigenvalue weighted by molar-refractivity contribution is 9.10. The van der Waals surface area contributed by atoms with E-state index in [9.17, 15) is 14.4 Å². The molecule has 1 aromatic rings. The van der Waals surface area contributed by atoms with E-state index in [1.54, 1.807) is 7.05 Å². The Bertz CT molecular complexity index is 605. The Kier molecular flexibility index (Phi) is 5.18. The van der Waals surface area contributed by atoms with Gasteiger partial charge < -0.3 is 14.9 Å². The SMILES string of the molecule is CN1CC(C(=O)N(CC(=O)O)Cc2cccc(Br)c2)CC1=O. The van der Waals surface area contributed by atoms with Crippen LogP contribution in [0, 0.1) is 5.92 Å². The monoisotopic (exact) mass is 368 g/mol. The summed E-state index contributed by atoms with van der Waals surface area (Å²) in [5.41, 5.74) is 0.835. The van der Waals surface area contributed by atoms with Crippen molar-refractivity contribution in [3.8, 4) is 0 Å². The fraction of sp³-hybridized carbons (Fsp3) is 0.400. The minimum Gasteiger partial charge on any atom is -0.480 e. The van der Waals surface area contributed by atoms with Crippen LogP contribution in [0.2, 0.25) is 0 Å². The third-order valence-electron chi connectivity index (χ3n) is 3.59. The van der Waals surface area contributed by atoms with Crippen molar-refractivity contribution in [1.29, 1.82) is 0 Å². The van der Waals surface area contributed by atoms with Crippen LogP contribution in [-0.2, 0) is 20.9 Å². The standard InChI is InChI=1S/C15H17BrN2O4/c1-17-8-11(6-13(17)19)15(22)18(9-14(20)21)7-10-3-2-4-12(16)5-10/h2-5,11H,6-9H2,1H3,(H,20,21). The first-order valence-electron chi connectivity index (χ1n) is 6.86. The van der Waals surface area contributed by atoms with E-state index in [4.69, 9.17) is 5.11 Å². The number of hydrogen-bond acceptors (Lipinski definition) is 3. The molecule has 0 bridgehead atoms. The molecule has 1 aliphatic heterocycles. The van der Waals surface area contributed by atoms with Gasteiger partial charge in [0.2, 0.25) is 11.8 Å². The van der Waals surface area contributed by atoms with Gasteiger partial charge in [0.05, 0.1) is 5.92 Å². The van der Waals surface area contributed by atoms with Crippen molar-refractivity contribution in [2.75, 3.05) is 20.1 Å². The lowest BCUT2D eigenvalue weighted by molar-refractivity contribution is -0.146. The van der Waals surface area contributed by atoms with Crippen LogP contribution in [0.5, 0.6) is 0 Å². The van der Waals surface area contributed by atoms with Crippen LogP contribution in [0.25, 0.3) is 0 Å². The molecule has 1 N–H and O–H groups in total. The minimum absolute atomic E-state index is 0.0870. The van der Waals surface area contributed by atoms with E-state index in [2.05, 4.69) is 15.9 Å². The summed E-state index contributed by atoms with van der Waals surface area (Å²) in [6.07, 6.45) is 0.143. The topological polar surface area (TPSA) is 77.9 Å². The summed E-state index contributed by atoms with van der Waals surface area (Å²) in [6, 6.07) is 7.36. The largest absolute Gasteiger partial charge is 0.480 e. The number of benzene rings is 1. The Balaban J connectivity index is 2.13. The molecule has 1 heterocycles. The fourth-order valence-corrected chi connectivity index (χ4v) is 2.96. The molecule has 6 nitrogen and oxygen atoms in total. The Hall–Kier alpha value is -1.89. The van der Waals surface area contributed by atoms with Crippen LogP contribution in [0.1, 0.15) is 12.0 Å². The van der Waals surface area contributed by atoms with E-state index in [1.807, 2.05) is 24.3 Å². The van der Waals surface area contributed by atoms with Crippen molar-refractivity contribution in [1.82, 2.24) is 9.80 Å². The van der Waals surface area contributed by atoms with Crippen molar-refractivity contribution in [3.63, 3.8) is 0 Å². The Morgan fingerprint density at radius 2 is 2.18 bits per heavy atom. The van der Waals surface area contributed by atoms with Gasteiger partial charge in [-0.05, 0) is 17.7 Å². The lowest BCUT2D eigenvalue weighted by Crippen LogP contribution is -2.40. The first-order chi connectivity index (χ1) is 10.4. The summed E-state index contributed by atoms with van der Waals surface area (Å²) in [7, 11) is 1.64. The molecule has 1 atom stereocenters. The number of amides is 2. The highest BCUT2D eigenvalue weighted by Gasteiger charge is 2.35. The number of halogens is 1. The molecule has 1 saturated heterocycles. The molecule has 0 saturated carbocycles. The molecule has 0 aromatic heterocycles. The van der Waals surface area contributed by atoms with E-state index >= 15 is 0 Å². The van der Waals surface area contributed by atoms with Gasteiger partial charge in [-0.2, -0.15) is 0 Å². The maximum Gasteiger partial charge on any atom is 0.323 e.